The van der Waals surface area contributed by atoms with Crippen molar-refractivity contribution in [1.29, 1.82) is 0 Å². The van der Waals surface area contributed by atoms with Crippen molar-refractivity contribution in [3.63, 3.8) is 0 Å². The summed E-state index contributed by atoms with van der Waals surface area (Å²) < 4.78 is 36.4. The molecule has 0 saturated carbocycles. The number of nitrogens with zero attached hydrogens (tertiary/aromatic N) is 2. The summed E-state index contributed by atoms with van der Waals surface area (Å²) in [6, 6.07) is 11.6. The first-order valence-corrected chi connectivity index (χ1v) is 10.8. The third-order valence-electron chi connectivity index (χ3n) is 5.19. The fourth-order valence-electron chi connectivity index (χ4n) is 3.57. The molecule has 0 radical (unpaired) electrons. The normalized spacial score (nSPS) is 16.9. The van der Waals surface area contributed by atoms with Crippen LogP contribution in [-0.4, -0.2) is 58.4 Å². The lowest BCUT2D eigenvalue weighted by Gasteiger charge is -2.27. The van der Waals surface area contributed by atoms with Crippen LogP contribution in [0, 0.1) is 0 Å². The highest BCUT2D eigenvalue weighted by Gasteiger charge is 2.32. The Labute approximate surface area is 171 Å². The average Bonchev–Trinajstić information content (AvgIpc) is 3.22. The van der Waals surface area contributed by atoms with Crippen molar-refractivity contribution >= 4 is 15.9 Å². The Morgan fingerprint density at radius 2 is 1.76 bits per heavy atom. The van der Waals surface area contributed by atoms with Gasteiger partial charge in [-0.05, 0) is 49.2 Å². The van der Waals surface area contributed by atoms with E-state index in [2.05, 4.69) is 0 Å². The predicted molar refractivity (Wildman–Crippen MR) is 110 cm³/mol. The summed E-state index contributed by atoms with van der Waals surface area (Å²) in [6.45, 7) is 0.635. The van der Waals surface area contributed by atoms with E-state index in [1.54, 1.807) is 26.4 Å². The Hall–Kier alpha value is -2.58. The topological polar surface area (TPSA) is 76.2 Å². The molecule has 1 aliphatic rings. The van der Waals surface area contributed by atoms with Gasteiger partial charge in [-0.2, -0.15) is 0 Å². The molecule has 1 unspecified atom stereocenters. The second-order valence-corrected chi connectivity index (χ2v) is 9.23. The molecule has 156 valence electrons. The van der Waals surface area contributed by atoms with E-state index in [-0.39, 0.29) is 16.8 Å². The number of ether oxygens (including phenoxy) is 2. The van der Waals surface area contributed by atoms with Crippen molar-refractivity contribution in [1.82, 2.24) is 9.21 Å². The Bertz CT molecular complexity index is 987. The van der Waals surface area contributed by atoms with Crippen molar-refractivity contribution < 1.29 is 22.7 Å². The minimum Gasteiger partial charge on any atom is -0.497 e. The fraction of sp³-hybridized carbons (Fsp3) is 0.381. The Balaban J connectivity index is 1.88. The summed E-state index contributed by atoms with van der Waals surface area (Å²) in [5.74, 6) is 1.25. The second-order valence-electron chi connectivity index (χ2n) is 7.08. The molecule has 1 aliphatic heterocycles. The van der Waals surface area contributed by atoms with Gasteiger partial charge in [0, 0.05) is 37.8 Å². The van der Waals surface area contributed by atoms with Gasteiger partial charge in [-0.3, -0.25) is 4.79 Å². The van der Waals surface area contributed by atoms with E-state index in [0.29, 0.717) is 23.6 Å². The summed E-state index contributed by atoms with van der Waals surface area (Å²) >= 11 is 0. The quantitative estimate of drug-likeness (QED) is 0.721. The molecule has 2 aromatic rings. The van der Waals surface area contributed by atoms with Crippen LogP contribution in [0.1, 0.15) is 34.8 Å². The highest BCUT2D eigenvalue weighted by atomic mass is 32.2. The maximum Gasteiger partial charge on any atom is 0.254 e. The average molecular weight is 419 g/mol. The first-order chi connectivity index (χ1) is 13.8. The molecule has 0 aliphatic carbocycles. The summed E-state index contributed by atoms with van der Waals surface area (Å²) in [4.78, 5) is 15.1. The molecule has 7 nitrogen and oxygen atoms in total. The van der Waals surface area contributed by atoms with Gasteiger partial charge in [0.1, 0.15) is 11.5 Å². The highest BCUT2D eigenvalue weighted by molar-refractivity contribution is 7.89. The van der Waals surface area contributed by atoms with Crippen LogP contribution in [0.2, 0.25) is 0 Å². The fourth-order valence-corrected chi connectivity index (χ4v) is 4.47. The van der Waals surface area contributed by atoms with Gasteiger partial charge in [-0.1, -0.05) is 0 Å². The number of rotatable bonds is 6. The molecule has 0 bridgehead atoms. The van der Waals surface area contributed by atoms with Crippen LogP contribution in [0.15, 0.2) is 47.4 Å². The van der Waals surface area contributed by atoms with Gasteiger partial charge >= 0.3 is 0 Å². The molecular formula is C21H26N2O5S. The standard InChI is InChI=1S/C21H26N2O5S/c1-22(2)29(25,26)17-10-7-15(8-11-17)21(24)23-13-5-6-19(23)18-12-9-16(27-3)14-20(18)28-4/h7-12,14,19H,5-6,13H2,1-4H3. The number of hydrogen-bond acceptors (Lipinski definition) is 5. The van der Waals surface area contributed by atoms with E-state index in [1.165, 1.54) is 26.2 Å². The SMILES string of the molecule is COc1ccc(C2CCCN2C(=O)c2ccc(S(=O)(=O)N(C)C)cc2)c(OC)c1. The van der Waals surface area contributed by atoms with Gasteiger partial charge in [-0.15, -0.1) is 0 Å². The van der Waals surface area contributed by atoms with E-state index >= 15 is 0 Å². The molecule has 0 spiro atoms. The van der Waals surface area contributed by atoms with Crippen LogP contribution < -0.4 is 9.47 Å². The number of benzene rings is 2. The maximum atomic E-state index is 13.1. The summed E-state index contributed by atoms with van der Waals surface area (Å²) in [5, 5.41) is 0. The number of hydrogen-bond donors (Lipinski definition) is 0. The third-order valence-corrected chi connectivity index (χ3v) is 7.02. The molecule has 0 N–H and O–H groups in total. The van der Waals surface area contributed by atoms with Gasteiger partial charge in [0.05, 0.1) is 25.2 Å². The number of amides is 1. The van der Waals surface area contributed by atoms with Gasteiger partial charge < -0.3 is 14.4 Å². The molecule has 1 amide bonds. The molecular weight excluding hydrogens is 392 g/mol. The largest absolute Gasteiger partial charge is 0.497 e. The zero-order valence-corrected chi connectivity index (χ0v) is 17.9. The zero-order chi connectivity index (χ0) is 21.2. The van der Waals surface area contributed by atoms with E-state index in [9.17, 15) is 13.2 Å². The molecule has 29 heavy (non-hydrogen) atoms. The van der Waals surface area contributed by atoms with Crippen molar-refractivity contribution in [3.8, 4) is 11.5 Å². The number of carbonyl (C=O) groups is 1. The van der Waals surface area contributed by atoms with Gasteiger partial charge in [-0.25, -0.2) is 12.7 Å². The van der Waals surface area contributed by atoms with Crippen molar-refractivity contribution in [2.75, 3.05) is 34.9 Å². The maximum absolute atomic E-state index is 13.1. The summed E-state index contributed by atoms with van der Waals surface area (Å²) in [6.07, 6.45) is 1.72. The Morgan fingerprint density at radius 1 is 1.07 bits per heavy atom. The predicted octanol–water partition coefficient (Wildman–Crippen LogP) is 2.93. The molecule has 1 heterocycles. The van der Waals surface area contributed by atoms with Crippen molar-refractivity contribution in [2.24, 2.45) is 0 Å². The van der Waals surface area contributed by atoms with Crippen LogP contribution in [0.5, 0.6) is 11.5 Å². The number of carbonyl (C=O) groups excluding carboxylic acids is 1. The first-order valence-electron chi connectivity index (χ1n) is 9.35. The Kier molecular flexibility index (Phi) is 6.14. The van der Waals surface area contributed by atoms with E-state index < -0.39 is 10.0 Å². The molecule has 1 fully saturated rings. The molecule has 8 heteroatoms. The van der Waals surface area contributed by atoms with E-state index in [1.807, 2.05) is 23.1 Å². The van der Waals surface area contributed by atoms with Crippen LogP contribution in [0.4, 0.5) is 0 Å². The third kappa shape index (κ3) is 4.09. The lowest BCUT2D eigenvalue weighted by Crippen LogP contribution is -2.31. The number of likely N-dealkylation sites (tertiary alicyclic amines) is 1. The van der Waals surface area contributed by atoms with Crippen molar-refractivity contribution in [3.05, 3.63) is 53.6 Å². The Morgan fingerprint density at radius 3 is 2.34 bits per heavy atom. The lowest BCUT2D eigenvalue weighted by molar-refractivity contribution is 0.0734. The van der Waals surface area contributed by atoms with Crippen LogP contribution in [0.3, 0.4) is 0 Å². The summed E-state index contributed by atoms with van der Waals surface area (Å²) in [5.41, 5.74) is 1.40. The zero-order valence-electron chi connectivity index (χ0n) is 17.1. The number of methoxy groups -OCH3 is 2. The minimum atomic E-state index is -3.53. The van der Waals surface area contributed by atoms with Gasteiger partial charge in [0.15, 0.2) is 0 Å². The van der Waals surface area contributed by atoms with E-state index in [4.69, 9.17) is 9.47 Å². The minimum absolute atomic E-state index is 0.103. The van der Waals surface area contributed by atoms with Gasteiger partial charge in [0.25, 0.3) is 5.91 Å². The summed E-state index contributed by atoms with van der Waals surface area (Å²) in [7, 11) is 2.63. The molecule has 0 aromatic heterocycles. The first kappa shape index (κ1) is 21.1. The van der Waals surface area contributed by atoms with Crippen molar-refractivity contribution in [2.45, 2.75) is 23.8 Å². The van der Waals surface area contributed by atoms with E-state index in [0.717, 1.165) is 22.7 Å². The van der Waals surface area contributed by atoms with Crippen LogP contribution >= 0.6 is 0 Å². The van der Waals surface area contributed by atoms with Crippen LogP contribution in [0.25, 0.3) is 0 Å². The molecule has 2 aromatic carbocycles. The monoisotopic (exact) mass is 418 g/mol. The molecule has 1 saturated heterocycles. The number of sulfonamides is 1. The molecule has 1 atom stereocenters. The lowest BCUT2D eigenvalue weighted by atomic mass is 10.0. The second kappa shape index (κ2) is 8.42. The van der Waals surface area contributed by atoms with Crippen LogP contribution in [-0.2, 0) is 10.0 Å². The van der Waals surface area contributed by atoms with Gasteiger partial charge in [0.2, 0.25) is 10.0 Å². The molecule has 3 rings (SSSR count). The highest BCUT2D eigenvalue weighted by Crippen LogP contribution is 2.39. The smallest absolute Gasteiger partial charge is 0.254 e.